The molecule has 6 nitrogen and oxygen atoms in total. The lowest BCUT2D eigenvalue weighted by Gasteiger charge is -2.15. The van der Waals surface area contributed by atoms with Crippen molar-refractivity contribution < 1.29 is 0 Å². The van der Waals surface area contributed by atoms with Gasteiger partial charge in [0.1, 0.15) is 0 Å². The number of benzene rings is 1. The first-order valence-electron chi connectivity index (χ1n) is 3.94. The van der Waals surface area contributed by atoms with Crippen molar-refractivity contribution in [2.45, 2.75) is 6.92 Å². The number of rotatable bonds is 1. The van der Waals surface area contributed by atoms with Gasteiger partial charge < -0.3 is 34.1 Å². The molecule has 0 fully saturated rings. The lowest BCUT2D eigenvalue weighted by atomic mass is 10.0. The highest BCUT2D eigenvalue weighted by Gasteiger charge is 2.16. The van der Waals surface area contributed by atoms with Crippen LogP contribution in [0.5, 0.6) is 0 Å². The Hall–Kier alpha value is -2.11. The van der Waals surface area contributed by atoms with Crippen LogP contribution < -0.4 is 28.7 Å². The minimum Gasteiger partial charge on any atom is -0.396 e. The average molecular weight is 194 g/mol. The lowest BCUT2D eigenvalue weighted by molar-refractivity contribution is 1.45. The zero-order valence-electron chi connectivity index (χ0n) is 7.89. The second-order valence-electron chi connectivity index (χ2n) is 3.07. The summed E-state index contributed by atoms with van der Waals surface area (Å²) >= 11 is 0. The normalized spacial score (nSPS) is 10.1. The van der Waals surface area contributed by atoms with E-state index in [1.807, 2.05) is 0 Å². The van der Waals surface area contributed by atoms with Gasteiger partial charge in [-0.1, -0.05) is 0 Å². The molecule has 0 radical (unpaired) electrons. The van der Waals surface area contributed by atoms with Crippen LogP contribution >= 0.6 is 0 Å². The molecule has 11 N–H and O–H groups in total. The van der Waals surface area contributed by atoms with Crippen molar-refractivity contribution in [2.75, 3.05) is 28.7 Å². The summed E-state index contributed by atoms with van der Waals surface area (Å²) in [5.74, 6) is 0. The van der Waals surface area contributed by atoms with E-state index in [1.165, 1.54) is 0 Å². The highest BCUT2D eigenvalue weighted by Crippen LogP contribution is 2.38. The number of nitrogens with one attached hydrogen (secondary N) is 1. The van der Waals surface area contributed by atoms with Crippen molar-refractivity contribution >= 4 is 34.1 Å². The van der Waals surface area contributed by atoms with E-state index < -0.39 is 0 Å². The Kier molecular flexibility index (Phi) is 2.13. The molecule has 6 heteroatoms. The second-order valence-corrected chi connectivity index (χ2v) is 3.07. The quantitative estimate of drug-likeness (QED) is 0.274. The summed E-state index contributed by atoms with van der Waals surface area (Å²) in [6.07, 6.45) is 0. The van der Waals surface area contributed by atoms with Crippen LogP contribution in [-0.4, -0.2) is 5.71 Å². The monoisotopic (exact) mass is 194 g/mol. The number of hydrogen-bond acceptors (Lipinski definition) is 6. The zero-order chi connectivity index (χ0) is 11.0. The van der Waals surface area contributed by atoms with Crippen LogP contribution in [0, 0.1) is 5.41 Å². The molecule has 1 rings (SSSR count). The number of anilines is 5. The summed E-state index contributed by atoms with van der Waals surface area (Å²) in [6.45, 7) is 1.55. The first-order chi connectivity index (χ1) is 6.37. The molecule has 0 aliphatic carbocycles. The summed E-state index contributed by atoms with van der Waals surface area (Å²) in [5, 5.41) is 7.47. The maximum atomic E-state index is 7.47. The van der Waals surface area contributed by atoms with Gasteiger partial charge in [0.15, 0.2) is 0 Å². The maximum Gasteiger partial charge on any atom is 0.0824 e. The van der Waals surface area contributed by atoms with Gasteiger partial charge in [-0.25, -0.2) is 0 Å². The van der Waals surface area contributed by atoms with Crippen molar-refractivity contribution in [1.82, 2.24) is 0 Å². The predicted molar refractivity (Wildman–Crippen MR) is 61.0 cm³/mol. The van der Waals surface area contributed by atoms with Crippen molar-refractivity contribution in [3.8, 4) is 0 Å². The summed E-state index contributed by atoms with van der Waals surface area (Å²) < 4.78 is 0. The molecule has 1 aromatic carbocycles. The molecule has 14 heavy (non-hydrogen) atoms. The van der Waals surface area contributed by atoms with Gasteiger partial charge in [0, 0.05) is 11.3 Å². The zero-order valence-corrected chi connectivity index (χ0v) is 7.89. The fourth-order valence-electron chi connectivity index (χ4n) is 1.25. The smallest absolute Gasteiger partial charge is 0.0824 e. The third-order valence-electron chi connectivity index (χ3n) is 2.07. The maximum absolute atomic E-state index is 7.47. The SMILES string of the molecule is CC(=N)c1c(N)c(N)c(N)c(N)c1N. The average Bonchev–Trinajstić information content (AvgIpc) is 2.11. The van der Waals surface area contributed by atoms with Crippen LogP contribution in [0.4, 0.5) is 28.4 Å². The Labute approximate surface area is 81.5 Å². The molecule has 0 saturated heterocycles. The van der Waals surface area contributed by atoms with Gasteiger partial charge in [0.2, 0.25) is 0 Å². The first-order valence-corrected chi connectivity index (χ1v) is 3.94. The predicted octanol–water partition coefficient (Wildman–Crippen LogP) is -0.0146. The van der Waals surface area contributed by atoms with Crippen molar-refractivity contribution in [3.63, 3.8) is 0 Å². The summed E-state index contributed by atoms with van der Waals surface area (Å²) in [7, 11) is 0. The Morgan fingerprint density at radius 2 is 1.07 bits per heavy atom. The molecule has 0 aromatic heterocycles. The van der Waals surface area contributed by atoms with Crippen LogP contribution in [0.25, 0.3) is 0 Å². The van der Waals surface area contributed by atoms with Gasteiger partial charge in [0.05, 0.1) is 28.4 Å². The topological polar surface area (TPSA) is 154 Å². The fraction of sp³-hybridized carbons (Fsp3) is 0.125. The van der Waals surface area contributed by atoms with E-state index in [4.69, 9.17) is 34.1 Å². The van der Waals surface area contributed by atoms with E-state index in [0.717, 1.165) is 0 Å². The van der Waals surface area contributed by atoms with Gasteiger partial charge in [0.25, 0.3) is 0 Å². The highest BCUT2D eigenvalue weighted by molar-refractivity contribution is 6.13. The van der Waals surface area contributed by atoms with E-state index in [1.54, 1.807) is 6.92 Å². The van der Waals surface area contributed by atoms with Crippen molar-refractivity contribution in [1.29, 1.82) is 5.41 Å². The summed E-state index contributed by atoms with van der Waals surface area (Å²) in [6, 6.07) is 0. The van der Waals surface area contributed by atoms with Crippen LogP contribution in [0.2, 0.25) is 0 Å². The van der Waals surface area contributed by atoms with Gasteiger partial charge in [-0.3, -0.25) is 0 Å². The molecular formula is C8H14N6. The fourth-order valence-corrected chi connectivity index (χ4v) is 1.25. The number of nitrogens with two attached hydrogens (primary N) is 5. The van der Waals surface area contributed by atoms with Gasteiger partial charge in [-0.15, -0.1) is 0 Å². The Morgan fingerprint density at radius 1 is 0.786 bits per heavy atom. The van der Waals surface area contributed by atoms with Crippen molar-refractivity contribution in [2.24, 2.45) is 0 Å². The van der Waals surface area contributed by atoms with Crippen LogP contribution in [0.3, 0.4) is 0 Å². The molecule has 0 unspecified atom stereocenters. The largest absolute Gasteiger partial charge is 0.396 e. The summed E-state index contributed by atoms with van der Waals surface area (Å²) in [4.78, 5) is 0. The third kappa shape index (κ3) is 1.17. The third-order valence-corrected chi connectivity index (χ3v) is 2.07. The van der Waals surface area contributed by atoms with Gasteiger partial charge in [-0.05, 0) is 6.92 Å². The number of nitrogen functional groups attached to an aromatic ring is 5. The van der Waals surface area contributed by atoms with Gasteiger partial charge in [-0.2, -0.15) is 0 Å². The Morgan fingerprint density at radius 3 is 1.36 bits per heavy atom. The van der Waals surface area contributed by atoms with Crippen LogP contribution in [0.15, 0.2) is 0 Å². The molecule has 0 saturated carbocycles. The van der Waals surface area contributed by atoms with E-state index in [-0.39, 0.29) is 34.1 Å². The molecule has 0 bridgehead atoms. The minimum atomic E-state index is 0.171. The van der Waals surface area contributed by atoms with E-state index >= 15 is 0 Å². The first kappa shape index (κ1) is 9.97. The minimum absolute atomic E-state index is 0.171. The molecule has 0 amide bonds. The molecule has 0 aliphatic rings. The number of hydrogen-bond donors (Lipinski definition) is 6. The second kappa shape index (κ2) is 2.99. The standard InChI is InChI=1S/C8H14N6/c1-2(9)3-4(10)6(12)8(14)7(13)5(3)11/h9H,10-14H2,1H3. The molecular weight excluding hydrogens is 180 g/mol. The van der Waals surface area contributed by atoms with E-state index in [0.29, 0.717) is 5.56 Å². The summed E-state index contributed by atoms with van der Waals surface area (Å²) in [5.41, 5.74) is 29.6. The molecule has 0 atom stereocenters. The Bertz CT molecular complexity index is 380. The molecule has 1 aromatic rings. The van der Waals surface area contributed by atoms with Crippen LogP contribution in [0.1, 0.15) is 12.5 Å². The highest BCUT2D eigenvalue weighted by atomic mass is 14.8. The molecule has 0 aliphatic heterocycles. The van der Waals surface area contributed by atoms with Crippen molar-refractivity contribution in [3.05, 3.63) is 5.56 Å². The van der Waals surface area contributed by atoms with E-state index in [2.05, 4.69) is 0 Å². The molecule has 76 valence electrons. The van der Waals surface area contributed by atoms with E-state index in [9.17, 15) is 0 Å². The Balaban J connectivity index is 3.68. The van der Waals surface area contributed by atoms with Crippen LogP contribution in [-0.2, 0) is 0 Å². The molecule has 0 heterocycles. The lowest BCUT2D eigenvalue weighted by Crippen LogP contribution is -2.13. The van der Waals surface area contributed by atoms with Gasteiger partial charge >= 0.3 is 0 Å². The molecule has 0 spiro atoms.